The molecular weight excluding hydrogens is 431 g/mol. The van der Waals surface area contributed by atoms with Crippen LogP contribution in [-0.4, -0.2) is 46.2 Å². The highest BCUT2D eigenvalue weighted by Gasteiger charge is 2.29. The van der Waals surface area contributed by atoms with Crippen molar-refractivity contribution in [1.82, 2.24) is 15.0 Å². The van der Waals surface area contributed by atoms with Crippen molar-refractivity contribution in [3.63, 3.8) is 0 Å². The normalized spacial score (nSPS) is 14.0. The molecule has 1 aromatic carbocycles. The second-order valence-corrected chi connectivity index (χ2v) is 7.69. The summed E-state index contributed by atoms with van der Waals surface area (Å²) < 4.78 is 42.8. The number of anilines is 2. The number of carbonyl (C=O) groups excluding carboxylic acids is 1. The lowest BCUT2D eigenvalue weighted by molar-refractivity contribution is -0.0328. The zero-order valence-corrected chi connectivity index (χ0v) is 16.8. The van der Waals surface area contributed by atoms with Gasteiger partial charge in [-0.25, -0.2) is 15.0 Å². The van der Waals surface area contributed by atoms with Gasteiger partial charge in [0.05, 0.1) is 12.2 Å². The molecule has 0 saturated carbocycles. The Morgan fingerprint density at radius 1 is 1.13 bits per heavy atom. The van der Waals surface area contributed by atoms with Gasteiger partial charge in [0.1, 0.15) is 18.9 Å². The van der Waals surface area contributed by atoms with E-state index in [1.165, 1.54) is 36.8 Å². The van der Waals surface area contributed by atoms with Crippen molar-refractivity contribution < 1.29 is 22.7 Å². The minimum Gasteiger partial charge on any atom is -0.359 e. The van der Waals surface area contributed by atoms with Crippen LogP contribution in [0.25, 0.3) is 11.1 Å². The van der Waals surface area contributed by atoms with Gasteiger partial charge in [-0.15, -0.1) is 0 Å². The lowest BCUT2D eigenvalue weighted by Gasteiger charge is -2.19. The van der Waals surface area contributed by atoms with Crippen LogP contribution in [0, 0.1) is 0 Å². The summed E-state index contributed by atoms with van der Waals surface area (Å²) in [6.07, 6.45) is 6.11. The molecule has 7 nitrogen and oxygen atoms in total. The Bertz CT molecular complexity index is 1060. The molecule has 1 fully saturated rings. The van der Waals surface area contributed by atoms with E-state index < -0.39 is 11.4 Å². The molecule has 0 aliphatic carbocycles. The van der Waals surface area contributed by atoms with Crippen molar-refractivity contribution >= 4 is 29.2 Å². The third-order valence-electron chi connectivity index (χ3n) is 4.40. The minimum absolute atomic E-state index is 0.0377. The van der Waals surface area contributed by atoms with E-state index in [2.05, 4.69) is 20.3 Å². The zero-order valence-electron chi connectivity index (χ0n) is 16.0. The van der Waals surface area contributed by atoms with Crippen molar-refractivity contribution in [3.05, 3.63) is 60.8 Å². The Balaban J connectivity index is 1.57. The topological polar surface area (TPSA) is 80.2 Å². The number of thioether (sulfide) groups is 1. The minimum atomic E-state index is -4.36. The van der Waals surface area contributed by atoms with Crippen molar-refractivity contribution in [2.24, 2.45) is 0 Å². The number of nitrogens with one attached hydrogen (secondary N) is 1. The van der Waals surface area contributed by atoms with Gasteiger partial charge in [0.25, 0.3) is 5.91 Å². The predicted octanol–water partition coefficient (Wildman–Crippen LogP) is 4.20. The van der Waals surface area contributed by atoms with E-state index in [1.54, 1.807) is 18.5 Å². The quantitative estimate of drug-likeness (QED) is 0.588. The van der Waals surface area contributed by atoms with Crippen LogP contribution in [0.15, 0.2) is 60.1 Å². The van der Waals surface area contributed by atoms with Crippen LogP contribution in [0.2, 0.25) is 0 Å². The Hall–Kier alpha value is -3.18. The van der Waals surface area contributed by atoms with Gasteiger partial charge < -0.3 is 15.0 Å². The molecule has 3 heterocycles. The number of carbonyl (C=O) groups is 1. The van der Waals surface area contributed by atoms with E-state index >= 15 is 0 Å². The van der Waals surface area contributed by atoms with Gasteiger partial charge >= 0.3 is 5.51 Å². The summed E-state index contributed by atoms with van der Waals surface area (Å²) in [4.78, 5) is 27.2. The molecule has 1 aliphatic rings. The highest BCUT2D eigenvalue weighted by atomic mass is 32.2. The van der Waals surface area contributed by atoms with Crippen LogP contribution in [0.1, 0.15) is 10.4 Å². The Kier molecular flexibility index (Phi) is 6.05. The number of nitrogens with zero attached hydrogens (tertiary/aromatic N) is 4. The molecule has 1 aliphatic heterocycles. The molecule has 0 atom stereocenters. The number of benzene rings is 1. The molecule has 1 saturated heterocycles. The molecule has 3 aromatic rings. The van der Waals surface area contributed by atoms with Crippen molar-refractivity contribution in [1.29, 1.82) is 0 Å². The fraction of sp³-hybridized carbons (Fsp3) is 0.200. The van der Waals surface area contributed by atoms with Crippen LogP contribution in [0.4, 0.5) is 24.7 Å². The number of ether oxygens (including phenoxy) is 1. The molecule has 0 spiro atoms. The molecule has 1 N–H and O–H groups in total. The molecule has 160 valence electrons. The fourth-order valence-corrected chi connectivity index (χ4v) is 3.55. The van der Waals surface area contributed by atoms with E-state index in [1.807, 2.05) is 4.90 Å². The lowest BCUT2D eigenvalue weighted by Crippen LogP contribution is -2.21. The number of pyridine rings is 1. The van der Waals surface area contributed by atoms with Gasteiger partial charge in [-0.2, -0.15) is 13.2 Å². The van der Waals surface area contributed by atoms with Crippen LogP contribution < -0.4 is 10.2 Å². The van der Waals surface area contributed by atoms with Crippen molar-refractivity contribution in [2.45, 2.75) is 10.4 Å². The molecule has 1 amide bonds. The summed E-state index contributed by atoms with van der Waals surface area (Å²) >= 11 is -0.212. The van der Waals surface area contributed by atoms with E-state index in [-0.39, 0.29) is 22.2 Å². The number of hydrogen-bond acceptors (Lipinski definition) is 7. The Labute approximate surface area is 179 Å². The second-order valence-electron chi connectivity index (χ2n) is 6.55. The lowest BCUT2D eigenvalue weighted by atomic mass is 10.1. The van der Waals surface area contributed by atoms with Gasteiger partial charge in [-0.05, 0) is 42.1 Å². The number of halogens is 3. The van der Waals surface area contributed by atoms with Crippen LogP contribution >= 0.6 is 11.8 Å². The van der Waals surface area contributed by atoms with E-state index in [4.69, 9.17) is 4.74 Å². The zero-order chi connectivity index (χ0) is 21.8. The second kappa shape index (κ2) is 8.90. The van der Waals surface area contributed by atoms with Gasteiger partial charge in [-0.3, -0.25) is 4.79 Å². The van der Waals surface area contributed by atoms with Crippen LogP contribution in [-0.2, 0) is 4.74 Å². The molecule has 0 unspecified atom stereocenters. The van der Waals surface area contributed by atoms with Gasteiger partial charge in [0.15, 0.2) is 0 Å². The third-order valence-corrected chi connectivity index (χ3v) is 5.14. The standard InChI is InChI=1S/C20H16F3N5O2S/c21-20(22,23)31-16-3-1-15(2-4-16)27-19(29)13-7-17(14-8-24-11-25-9-14)18(26-10-13)28-5-6-30-12-28/h1-4,7-11H,5-6,12H2,(H,27,29). The summed E-state index contributed by atoms with van der Waals surface area (Å²) in [5.74, 6) is 0.212. The first-order valence-corrected chi connectivity index (χ1v) is 9.96. The average molecular weight is 447 g/mol. The fourth-order valence-electron chi connectivity index (χ4n) is 3.01. The molecule has 11 heteroatoms. The molecular formula is C20H16F3N5O2S. The average Bonchev–Trinajstić information content (AvgIpc) is 3.29. The SMILES string of the molecule is O=C(Nc1ccc(SC(F)(F)F)cc1)c1cnc(N2CCOC2)c(-c2cncnc2)c1. The maximum Gasteiger partial charge on any atom is 0.446 e. The number of rotatable bonds is 5. The summed E-state index contributed by atoms with van der Waals surface area (Å²) in [6, 6.07) is 7.12. The van der Waals surface area contributed by atoms with E-state index in [0.29, 0.717) is 42.5 Å². The first-order chi connectivity index (χ1) is 14.9. The number of aromatic nitrogens is 3. The summed E-state index contributed by atoms with van der Waals surface area (Å²) in [6.45, 7) is 1.64. The first-order valence-electron chi connectivity index (χ1n) is 9.14. The smallest absolute Gasteiger partial charge is 0.359 e. The highest BCUT2D eigenvalue weighted by molar-refractivity contribution is 8.00. The predicted molar refractivity (Wildman–Crippen MR) is 110 cm³/mol. The first kappa shape index (κ1) is 21.1. The molecule has 0 bridgehead atoms. The van der Waals surface area contributed by atoms with Crippen LogP contribution in [0.3, 0.4) is 0 Å². The van der Waals surface area contributed by atoms with Crippen molar-refractivity contribution in [2.75, 3.05) is 30.1 Å². The maximum atomic E-state index is 12.7. The third kappa shape index (κ3) is 5.30. The molecule has 31 heavy (non-hydrogen) atoms. The number of alkyl halides is 3. The van der Waals surface area contributed by atoms with Crippen molar-refractivity contribution in [3.8, 4) is 11.1 Å². The molecule has 4 rings (SSSR count). The molecule has 0 radical (unpaired) electrons. The van der Waals surface area contributed by atoms with Gasteiger partial charge in [0.2, 0.25) is 0 Å². The largest absolute Gasteiger partial charge is 0.446 e. The van der Waals surface area contributed by atoms with Gasteiger partial charge in [0, 0.05) is 46.8 Å². The summed E-state index contributed by atoms with van der Waals surface area (Å²) in [5.41, 5.74) is -2.33. The highest BCUT2D eigenvalue weighted by Crippen LogP contribution is 2.37. The number of amides is 1. The monoisotopic (exact) mass is 447 g/mol. The Morgan fingerprint density at radius 3 is 2.52 bits per heavy atom. The summed E-state index contributed by atoms with van der Waals surface area (Å²) in [5, 5.41) is 2.68. The van der Waals surface area contributed by atoms with E-state index in [0.717, 1.165) is 0 Å². The van der Waals surface area contributed by atoms with E-state index in [9.17, 15) is 18.0 Å². The van der Waals surface area contributed by atoms with Crippen LogP contribution in [0.5, 0.6) is 0 Å². The van der Waals surface area contributed by atoms with Gasteiger partial charge in [-0.1, -0.05) is 0 Å². The Morgan fingerprint density at radius 2 is 1.87 bits per heavy atom. The summed E-state index contributed by atoms with van der Waals surface area (Å²) in [7, 11) is 0. The maximum absolute atomic E-state index is 12.7. The number of hydrogen-bond donors (Lipinski definition) is 1. The molecule has 2 aromatic heterocycles.